The molecule has 0 radical (unpaired) electrons. The predicted molar refractivity (Wildman–Crippen MR) is 82.1 cm³/mol. The van der Waals surface area contributed by atoms with Crippen LogP contribution in [0.4, 0.5) is 0 Å². The van der Waals surface area contributed by atoms with Crippen LogP contribution < -0.4 is 5.32 Å². The molecule has 5 nitrogen and oxygen atoms in total. The summed E-state index contributed by atoms with van der Waals surface area (Å²) in [5.74, 6) is 1.14. The first-order chi connectivity index (χ1) is 9.42. The Kier molecular flexibility index (Phi) is 4.82. The second kappa shape index (κ2) is 6.41. The molecule has 0 aliphatic rings. The zero-order valence-electron chi connectivity index (χ0n) is 11.8. The van der Waals surface area contributed by atoms with E-state index in [-0.39, 0.29) is 11.4 Å². The van der Waals surface area contributed by atoms with Crippen molar-refractivity contribution < 1.29 is 4.79 Å². The number of thiophene rings is 1. The van der Waals surface area contributed by atoms with E-state index in [0.29, 0.717) is 10.9 Å². The zero-order valence-corrected chi connectivity index (χ0v) is 13.4. The molecule has 2 heterocycles. The summed E-state index contributed by atoms with van der Waals surface area (Å²) in [7, 11) is 0. The smallest absolute Gasteiger partial charge is 0.230 e. The van der Waals surface area contributed by atoms with E-state index < -0.39 is 0 Å². The molecule has 20 heavy (non-hydrogen) atoms. The van der Waals surface area contributed by atoms with Gasteiger partial charge in [0.15, 0.2) is 0 Å². The van der Waals surface area contributed by atoms with Gasteiger partial charge in [0.1, 0.15) is 5.82 Å². The van der Waals surface area contributed by atoms with Crippen LogP contribution in [0.15, 0.2) is 22.7 Å². The Hall–Kier alpha value is -1.34. The summed E-state index contributed by atoms with van der Waals surface area (Å²) in [5.41, 5.74) is -0.207. The standard InChI is InChI=1S/C13H18N4OS2/c1-13(2,3)15-11(18)8-20-12-14-10(16-17-12)7-9-5-4-6-19-9/h4-6H,7-8H2,1-3H3,(H,15,18)(H,14,16,17). The molecule has 0 unspecified atom stereocenters. The average Bonchev–Trinajstić information content (AvgIpc) is 2.96. The average molecular weight is 310 g/mol. The number of rotatable bonds is 5. The van der Waals surface area contributed by atoms with Crippen LogP contribution in [-0.4, -0.2) is 32.4 Å². The van der Waals surface area contributed by atoms with E-state index >= 15 is 0 Å². The lowest BCUT2D eigenvalue weighted by Crippen LogP contribution is -2.41. The van der Waals surface area contributed by atoms with Gasteiger partial charge in [-0.25, -0.2) is 4.98 Å². The summed E-state index contributed by atoms with van der Waals surface area (Å²) in [6, 6.07) is 4.08. The molecule has 0 aliphatic carbocycles. The van der Waals surface area contributed by atoms with Gasteiger partial charge in [-0.15, -0.1) is 16.4 Å². The van der Waals surface area contributed by atoms with Gasteiger partial charge in [-0.2, -0.15) is 0 Å². The maximum Gasteiger partial charge on any atom is 0.230 e. The molecule has 7 heteroatoms. The van der Waals surface area contributed by atoms with E-state index in [4.69, 9.17) is 0 Å². The molecule has 0 aromatic carbocycles. The third-order valence-electron chi connectivity index (χ3n) is 2.28. The summed E-state index contributed by atoms with van der Waals surface area (Å²) >= 11 is 3.03. The minimum Gasteiger partial charge on any atom is -0.351 e. The van der Waals surface area contributed by atoms with Gasteiger partial charge in [0, 0.05) is 16.8 Å². The number of thioether (sulfide) groups is 1. The molecule has 0 aliphatic heterocycles. The number of H-pyrrole nitrogens is 1. The normalized spacial score (nSPS) is 11.6. The number of nitrogens with zero attached hydrogens (tertiary/aromatic N) is 2. The van der Waals surface area contributed by atoms with Gasteiger partial charge in [-0.1, -0.05) is 17.8 Å². The number of amides is 1. The molecule has 0 saturated heterocycles. The van der Waals surface area contributed by atoms with Crippen LogP contribution in [0.5, 0.6) is 0 Å². The summed E-state index contributed by atoms with van der Waals surface area (Å²) in [4.78, 5) is 17.3. The Morgan fingerprint density at radius 3 is 2.95 bits per heavy atom. The highest BCUT2D eigenvalue weighted by atomic mass is 32.2. The summed E-state index contributed by atoms with van der Waals surface area (Å²) in [5, 5.41) is 12.6. The van der Waals surface area contributed by atoms with E-state index in [1.807, 2.05) is 32.2 Å². The fourth-order valence-electron chi connectivity index (χ4n) is 1.58. The molecule has 2 aromatic rings. The monoisotopic (exact) mass is 310 g/mol. The van der Waals surface area contributed by atoms with E-state index in [1.165, 1.54) is 16.6 Å². The maximum atomic E-state index is 11.7. The molecule has 0 bridgehead atoms. The van der Waals surface area contributed by atoms with Crippen molar-refractivity contribution in [2.45, 2.75) is 37.9 Å². The third kappa shape index (κ3) is 4.97. The molecule has 1 amide bonds. The van der Waals surface area contributed by atoms with Crippen molar-refractivity contribution in [2.75, 3.05) is 5.75 Å². The molecule has 0 atom stereocenters. The number of nitrogens with one attached hydrogen (secondary N) is 2. The van der Waals surface area contributed by atoms with Crippen LogP contribution in [0.1, 0.15) is 31.5 Å². The molecular weight excluding hydrogens is 292 g/mol. The quantitative estimate of drug-likeness (QED) is 0.832. The third-order valence-corrected chi connectivity index (χ3v) is 4.00. The highest BCUT2D eigenvalue weighted by Gasteiger charge is 2.14. The number of carbonyl (C=O) groups excluding carboxylic acids is 1. The van der Waals surface area contributed by atoms with Crippen molar-refractivity contribution in [3.05, 3.63) is 28.2 Å². The SMILES string of the molecule is CC(C)(C)NC(=O)CSc1n[nH]c(Cc2cccs2)n1. The maximum absolute atomic E-state index is 11.7. The van der Waals surface area contributed by atoms with Crippen molar-refractivity contribution in [3.8, 4) is 0 Å². The Labute approximate surface area is 126 Å². The molecule has 108 valence electrons. The Morgan fingerprint density at radius 2 is 2.30 bits per heavy atom. The van der Waals surface area contributed by atoms with Crippen molar-refractivity contribution >= 4 is 29.0 Å². The number of aromatic nitrogens is 3. The van der Waals surface area contributed by atoms with Gasteiger partial charge < -0.3 is 5.32 Å². The van der Waals surface area contributed by atoms with Crippen molar-refractivity contribution in [2.24, 2.45) is 0 Å². The predicted octanol–water partition coefficient (Wildman–Crippen LogP) is 2.46. The fraction of sp³-hybridized carbons (Fsp3) is 0.462. The van der Waals surface area contributed by atoms with Crippen LogP contribution in [0, 0.1) is 0 Å². The Morgan fingerprint density at radius 1 is 1.50 bits per heavy atom. The fourth-order valence-corrected chi connectivity index (χ4v) is 2.91. The van der Waals surface area contributed by atoms with E-state index in [0.717, 1.165) is 12.2 Å². The molecule has 0 fully saturated rings. The van der Waals surface area contributed by atoms with Gasteiger partial charge in [0.05, 0.1) is 5.75 Å². The Bertz CT molecular complexity index is 557. The highest BCUT2D eigenvalue weighted by Crippen LogP contribution is 2.16. The van der Waals surface area contributed by atoms with Crippen molar-refractivity contribution in [1.82, 2.24) is 20.5 Å². The molecule has 0 spiro atoms. The first-order valence-corrected chi connectivity index (χ1v) is 8.16. The molecule has 2 aromatic heterocycles. The molecule has 2 rings (SSSR count). The molecule has 2 N–H and O–H groups in total. The van der Waals surface area contributed by atoms with E-state index in [2.05, 4.69) is 26.6 Å². The van der Waals surface area contributed by atoms with Crippen molar-refractivity contribution in [1.29, 1.82) is 0 Å². The zero-order chi connectivity index (χ0) is 14.6. The summed E-state index contributed by atoms with van der Waals surface area (Å²) in [6.07, 6.45) is 0.749. The van der Waals surface area contributed by atoms with E-state index in [1.54, 1.807) is 11.3 Å². The lowest BCUT2D eigenvalue weighted by atomic mass is 10.1. The van der Waals surface area contributed by atoms with Gasteiger partial charge in [-0.3, -0.25) is 9.89 Å². The van der Waals surface area contributed by atoms with Crippen molar-refractivity contribution in [3.63, 3.8) is 0 Å². The second-order valence-electron chi connectivity index (χ2n) is 5.41. The van der Waals surface area contributed by atoms with Gasteiger partial charge >= 0.3 is 0 Å². The number of hydrogen-bond acceptors (Lipinski definition) is 5. The summed E-state index contributed by atoms with van der Waals surface area (Å²) < 4.78 is 0. The summed E-state index contributed by atoms with van der Waals surface area (Å²) in [6.45, 7) is 5.88. The Balaban J connectivity index is 1.82. The van der Waals surface area contributed by atoms with Crippen LogP contribution in [0.25, 0.3) is 0 Å². The first kappa shape index (κ1) is 15.1. The second-order valence-corrected chi connectivity index (χ2v) is 7.38. The first-order valence-electron chi connectivity index (χ1n) is 6.30. The van der Waals surface area contributed by atoms with Gasteiger partial charge in [-0.05, 0) is 32.2 Å². The lowest BCUT2D eigenvalue weighted by Gasteiger charge is -2.19. The lowest BCUT2D eigenvalue weighted by molar-refractivity contribution is -0.119. The largest absolute Gasteiger partial charge is 0.351 e. The van der Waals surface area contributed by atoms with Gasteiger partial charge in [0.25, 0.3) is 0 Å². The van der Waals surface area contributed by atoms with Crippen LogP contribution in [0.3, 0.4) is 0 Å². The van der Waals surface area contributed by atoms with Gasteiger partial charge in [0.2, 0.25) is 11.1 Å². The minimum atomic E-state index is -0.207. The van der Waals surface area contributed by atoms with E-state index in [9.17, 15) is 4.79 Å². The number of carbonyl (C=O) groups is 1. The number of hydrogen-bond donors (Lipinski definition) is 2. The topological polar surface area (TPSA) is 70.7 Å². The highest BCUT2D eigenvalue weighted by molar-refractivity contribution is 7.99. The number of aromatic amines is 1. The molecular formula is C13H18N4OS2. The van der Waals surface area contributed by atoms with Crippen LogP contribution in [-0.2, 0) is 11.2 Å². The minimum absolute atomic E-state index is 0.00731. The van der Waals surface area contributed by atoms with Crippen LogP contribution >= 0.6 is 23.1 Å². The molecule has 0 saturated carbocycles. The van der Waals surface area contributed by atoms with Crippen LogP contribution in [0.2, 0.25) is 0 Å².